The molecule has 0 aliphatic rings. The molecular formula is C18H18N2O5. The maximum absolute atomic E-state index is 12.0. The molecule has 0 radical (unpaired) electrons. The number of nitrogens with zero attached hydrogens (tertiary/aromatic N) is 1. The first-order valence-corrected chi connectivity index (χ1v) is 7.83. The second-order valence-electron chi connectivity index (χ2n) is 5.75. The third kappa shape index (κ3) is 3.55. The zero-order chi connectivity index (χ0) is 18.0. The number of esters is 1. The molecular weight excluding hydrogens is 324 g/mol. The van der Waals surface area contributed by atoms with Crippen molar-refractivity contribution in [3.05, 3.63) is 53.1 Å². The fraction of sp³-hybridized carbons (Fsp3) is 0.278. The number of aromatic nitrogens is 1. The predicted octanol–water partition coefficient (Wildman–Crippen LogP) is 3.07. The van der Waals surface area contributed by atoms with Gasteiger partial charge >= 0.3 is 5.97 Å². The second kappa shape index (κ2) is 6.80. The van der Waals surface area contributed by atoms with Gasteiger partial charge < -0.3 is 19.0 Å². The Morgan fingerprint density at radius 2 is 2.04 bits per heavy atom. The summed E-state index contributed by atoms with van der Waals surface area (Å²) in [5, 5.41) is 7.38. The number of aryl methyl sites for hydroxylation is 2. The molecule has 0 aliphatic heterocycles. The summed E-state index contributed by atoms with van der Waals surface area (Å²) in [6.07, 6.45) is 0. The SMILES string of the molecule is Cc1noc(C)c1C(=O)OCC(=O)N[C@@H](C)c1cc2ccccc2o1. The van der Waals surface area contributed by atoms with E-state index in [1.165, 1.54) is 0 Å². The molecule has 1 aromatic carbocycles. The quantitative estimate of drug-likeness (QED) is 0.716. The lowest BCUT2D eigenvalue weighted by atomic mass is 10.2. The summed E-state index contributed by atoms with van der Waals surface area (Å²) >= 11 is 0. The normalized spacial score (nSPS) is 12.1. The lowest BCUT2D eigenvalue weighted by Gasteiger charge is -2.11. The lowest BCUT2D eigenvalue weighted by Crippen LogP contribution is -2.31. The standard InChI is InChI=1S/C18H18N2O5/c1-10(15-8-13-6-4-5-7-14(13)24-15)19-16(21)9-23-18(22)17-11(2)20-25-12(17)3/h4-8,10H,9H2,1-3H3,(H,19,21)/t10-/m0/s1. The van der Waals surface area contributed by atoms with Crippen LogP contribution in [0.4, 0.5) is 0 Å². The highest BCUT2D eigenvalue weighted by Crippen LogP contribution is 2.23. The van der Waals surface area contributed by atoms with Gasteiger partial charge in [0.15, 0.2) is 6.61 Å². The van der Waals surface area contributed by atoms with Gasteiger partial charge in [-0.3, -0.25) is 4.79 Å². The van der Waals surface area contributed by atoms with Crippen LogP contribution >= 0.6 is 0 Å². The Morgan fingerprint density at radius 1 is 1.28 bits per heavy atom. The first-order valence-electron chi connectivity index (χ1n) is 7.83. The van der Waals surface area contributed by atoms with E-state index in [1.807, 2.05) is 30.3 Å². The molecule has 0 spiro atoms. The van der Waals surface area contributed by atoms with E-state index in [9.17, 15) is 9.59 Å². The number of para-hydroxylation sites is 1. The number of benzene rings is 1. The summed E-state index contributed by atoms with van der Waals surface area (Å²) in [5.41, 5.74) is 1.43. The molecule has 0 unspecified atom stereocenters. The molecule has 1 N–H and O–H groups in total. The first kappa shape index (κ1) is 16.8. The van der Waals surface area contributed by atoms with Gasteiger partial charge in [0.1, 0.15) is 22.7 Å². The molecule has 1 atom stereocenters. The first-order chi connectivity index (χ1) is 12.0. The van der Waals surface area contributed by atoms with Crippen LogP contribution in [0.5, 0.6) is 0 Å². The van der Waals surface area contributed by atoms with Gasteiger partial charge in [0, 0.05) is 5.39 Å². The Balaban J connectivity index is 1.57. The fourth-order valence-electron chi connectivity index (χ4n) is 2.55. The van der Waals surface area contributed by atoms with Crippen molar-refractivity contribution in [1.29, 1.82) is 0 Å². The minimum Gasteiger partial charge on any atom is -0.459 e. The van der Waals surface area contributed by atoms with Crippen molar-refractivity contribution in [3.63, 3.8) is 0 Å². The third-order valence-electron chi connectivity index (χ3n) is 3.82. The maximum Gasteiger partial charge on any atom is 0.344 e. The van der Waals surface area contributed by atoms with Crippen molar-refractivity contribution in [2.75, 3.05) is 6.61 Å². The summed E-state index contributed by atoms with van der Waals surface area (Å²) in [6, 6.07) is 9.11. The molecule has 0 saturated carbocycles. The second-order valence-corrected chi connectivity index (χ2v) is 5.75. The largest absolute Gasteiger partial charge is 0.459 e. The van der Waals surface area contributed by atoms with Crippen molar-refractivity contribution in [1.82, 2.24) is 10.5 Å². The Labute approximate surface area is 143 Å². The van der Waals surface area contributed by atoms with Gasteiger partial charge in [-0.15, -0.1) is 0 Å². The van der Waals surface area contributed by atoms with Crippen molar-refractivity contribution in [2.45, 2.75) is 26.8 Å². The Morgan fingerprint density at radius 3 is 2.72 bits per heavy atom. The van der Waals surface area contributed by atoms with Gasteiger partial charge in [-0.2, -0.15) is 0 Å². The van der Waals surface area contributed by atoms with Crippen LogP contribution in [0, 0.1) is 13.8 Å². The molecule has 3 aromatic rings. The predicted molar refractivity (Wildman–Crippen MR) is 89.0 cm³/mol. The number of hydrogen-bond acceptors (Lipinski definition) is 6. The van der Waals surface area contributed by atoms with Gasteiger partial charge in [0.05, 0.1) is 11.7 Å². The van der Waals surface area contributed by atoms with Gasteiger partial charge in [-0.1, -0.05) is 23.4 Å². The van der Waals surface area contributed by atoms with E-state index >= 15 is 0 Å². The van der Waals surface area contributed by atoms with Crippen LogP contribution in [0.3, 0.4) is 0 Å². The smallest absolute Gasteiger partial charge is 0.344 e. The molecule has 0 saturated heterocycles. The van der Waals surface area contributed by atoms with E-state index < -0.39 is 18.5 Å². The molecule has 7 nitrogen and oxygen atoms in total. The number of hydrogen-bond donors (Lipinski definition) is 1. The summed E-state index contributed by atoms with van der Waals surface area (Å²) in [6.45, 7) is 4.65. The molecule has 25 heavy (non-hydrogen) atoms. The molecule has 0 bridgehead atoms. The molecule has 0 fully saturated rings. The van der Waals surface area contributed by atoms with Crippen molar-refractivity contribution in [3.8, 4) is 0 Å². The van der Waals surface area contributed by atoms with E-state index in [4.69, 9.17) is 13.7 Å². The van der Waals surface area contributed by atoms with Crippen LogP contribution in [0.25, 0.3) is 11.0 Å². The van der Waals surface area contributed by atoms with Crippen LogP contribution in [-0.4, -0.2) is 23.6 Å². The number of fused-ring (bicyclic) bond motifs is 1. The minimum atomic E-state index is -0.636. The van der Waals surface area contributed by atoms with E-state index in [-0.39, 0.29) is 11.6 Å². The molecule has 130 valence electrons. The van der Waals surface area contributed by atoms with E-state index in [1.54, 1.807) is 20.8 Å². The van der Waals surface area contributed by atoms with Crippen LogP contribution in [-0.2, 0) is 9.53 Å². The molecule has 2 heterocycles. The van der Waals surface area contributed by atoms with Crippen LogP contribution in [0.2, 0.25) is 0 Å². The number of carbonyl (C=O) groups excluding carboxylic acids is 2. The molecule has 0 aliphatic carbocycles. The van der Waals surface area contributed by atoms with Gasteiger partial charge in [0.2, 0.25) is 0 Å². The number of carbonyl (C=O) groups is 2. The summed E-state index contributed by atoms with van der Waals surface area (Å²) < 4.78 is 15.6. The van der Waals surface area contributed by atoms with Gasteiger partial charge in [-0.25, -0.2) is 4.79 Å². The average Bonchev–Trinajstić information content (AvgIpc) is 3.16. The van der Waals surface area contributed by atoms with Gasteiger partial charge in [-0.05, 0) is 32.9 Å². The van der Waals surface area contributed by atoms with Crippen molar-refractivity contribution in [2.24, 2.45) is 0 Å². The fourth-order valence-corrected chi connectivity index (χ4v) is 2.55. The number of ether oxygens (including phenoxy) is 1. The number of rotatable bonds is 5. The van der Waals surface area contributed by atoms with E-state index in [2.05, 4.69) is 10.5 Å². The molecule has 3 rings (SSSR count). The summed E-state index contributed by atoms with van der Waals surface area (Å²) in [5.74, 6) is -0.0685. The van der Waals surface area contributed by atoms with Crippen molar-refractivity contribution >= 4 is 22.8 Å². The highest BCUT2D eigenvalue weighted by atomic mass is 16.5. The van der Waals surface area contributed by atoms with Crippen molar-refractivity contribution < 1.29 is 23.3 Å². The van der Waals surface area contributed by atoms with Crippen LogP contribution in [0.1, 0.15) is 40.5 Å². The zero-order valence-corrected chi connectivity index (χ0v) is 14.2. The lowest BCUT2D eigenvalue weighted by molar-refractivity contribution is -0.125. The average molecular weight is 342 g/mol. The Kier molecular flexibility index (Phi) is 4.56. The Hall–Kier alpha value is -3.09. The molecule has 2 aromatic heterocycles. The zero-order valence-electron chi connectivity index (χ0n) is 14.2. The van der Waals surface area contributed by atoms with E-state index in [0.717, 1.165) is 11.0 Å². The monoisotopic (exact) mass is 342 g/mol. The number of nitrogens with one attached hydrogen (secondary N) is 1. The van der Waals surface area contributed by atoms with Crippen LogP contribution < -0.4 is 5.32 Å². The molecule has 7 heteroatoms. The summed E-state index contributed by atoms with van der Waals surface area (Å²) in [7, 11) is 0. The minimum absolute atomic E-state index is 0.248. The van der Waals surface area contributed by atoms with E-state index in [0.29, 0.717) is 17.2 Å². The highest BCUT2D eigenvalue weighted by Gasteiger charge is 2.21. The van der Waals surface area contributed by atoms with Gasteiger partial charge in [0.25, 0.3) is 5.91 Å². The number of amides is 1. The topological polar surface area (TPSA) is 94.6 Å². The molecule has 1 amide bonds. The van der Waals surface area contributed by atoms with Crippen LogP contribution in [0.15, 0.2) is 39.3 Å². The maximum atomic E-state index is 12.0. The summed E-state index contributed by atoms with van der Waals surface area (Å²) in [4.78, 5) is 24.0. The Bertz CT molecular complexity index is 872. The number of furan rings is 1. The highest BCUT2D eigenvalue weighted by molar-refractivity contribution is 5.93. The third-order valence-corrected chi connectivity index (χ3v) is 3.82.